The number of hydrogen-bond donors (Lipinski definition) is 1. The number of rotatable bonds is 5. The molecule has 0 aliphatic heterocycles. The minimum absolute atomic E-state index is 0.0757. The average Bonchev–Trinajstić information content (AvgIpc) is 3.28. The van der Waals surface area contributed by atoms with Crippen molar-refractivity contribution in [1.82, 2.24) is 14.3 Å². The number of nitrogens with one attached hydrogen (secondary N) is 1. The molecule has 0 atom stereocenters. The van der Waals surface area contributed by atoms with E-state index in [1.54, 1.807) is 38.4 Å². The number of aromatic nitrogens is 3. The van der Waals surface area contributed by atoms with Gasteiger partial charge in [0.1, 0.15) is 12.0 Å². The van der Waals surface area contributed by atoms with Crippen molar-refractivity contribution in [3.63, 3.8) is 0 Å². The zero-order valence-electron chi connectivity index (χ0n) is 17.0. The van der Waals surface area contributed by atoms with Crippen molar-refractivity contribution in [2.75, 3.05) is 12.4 Å². The third kappa shape index (κ3) is 3.74. The van der Waals surface area contributed by atoms with Gasteiger partial charge in [-0.3, -0.25) is 18.7 Å². The monoisotopic (exact) mass is 412 g/mol. The summed E-state index contributed by atoms with van der Waals surface area (Å²) >= 11 is 0. The van der Waals surface area contributed by atoms with Crippen molar-refractivity contribution in [2.24, 2.45) is 18.9 Å². The second kappa shape index (κ2) is 8.17. The Bertz CT molecular complexity index is 1170. The molecule has 30 heavy (non-hydrogen) atoms. The molecule has 0 bridgehead atoms. The lowest BCUT2D eigenvalue weighted by Gasteiger charge is -2.28. The summed E-state index contributed by atoms with van der Waals surface area (Å²) in [5.41, 5.74) is -0.0586. The zero-order chi connectivity index (χ0) is 21.3. The molecule has 2 heterocycles. The van der Waals surface area contributed by atoms with E-state index in [0.29, 0.717) is 41.9 Å². The Hall–Kier alpha value is -3.36. The van der Waals surface area contributed by atoms with Crippen LogP contribution in [0.3, 0.4) is 0 Å². The Balaban J connectivity index is 1.49. The molecule has 1 amide bonds. The van der Waals surface area contributed by atoms with Gasteiger partial charge in [0.05, 0.1) is 18.0 Å². The van der Waals surface area contributed by atoms with Crippen LogP contribution in [-0.2, 0) is 18.4 Å². The van der Waals surface area contributed by atoms with Crippen LogP contribution in [0.5, 0.6) is 5.75 Å². The van der Waals surface area contributed by atoms with Gasteiger partial charge in [0.25, 0.3) is 5.56 Å². The largest absolute Gasteiger partial charge is 0.497 e. The molecule has 158 valence electrons. The Morgan fingerprint density at radius 1 is 1.23 bits per heavy atom. The first kappa shape index (κ1) is 19.9. The van der Waals surface area contributed by atoms with Crippen molar-refractivity contribution in [3.05, 3.63) is 51.4 Å². The van der Waals surface area contributed by atoms with Gasteiger partial charge < -0.3 is 14.6 Å². The summed E-state index contributed by atoms with van der Waals surface area (Å²) in [6.07, 6.45) is 4.34. The number of amides is 1. The van der Waals surface area contributed by atoms with E-state index in [0.717, 1.165) is 12.8 Å². The molecule has 1 aliphatic carbocycles. The van der Waals surface area contributed by atoms with Crippen LogP contribution >= 0.6 is 0 Å². The lowest BCUT2D eigenvalue weighted by molar-refractivity contribution is -0.121. The number of aryl methyl sites for hydroxylation is 1. The minimum atomic E-state index is -0.330. The summed E-state index contributed by atoms with van der Waals surface area (Å²) in [4.78, 5) is 38.2. The quantitative estimate of drug-likeness (QED) is 0.688. The van der Waals surface area contributed by atoms with Crippen LogP contribution in [-0.4, -0.2) is 27.3 Å². The molecule has 0 radical (unpaired) electrons. The first-order valence-electron chi connectivity index (χ1n) is 9.96. The van der Waals surface area contributed by atoms with E-state index < -0.39 is 0 Å². The van der Waals surface area contributed by atoms with Gasteiger partial charge in [-0.05, 0) is 49.8 Å². The summed E-state index contributed by atoms with van der Waals surface area (Å²) in [6.45, 7) is 0.344. The molecule has 0 unspecified atom stereocenters. The smallest absolute Gasteiger partial charge is 0.331 e. The molecule has 1 aromatic carbocycles. The fourth-order valence-corrected chi connectivity index (χ4v) is 4.15. The highest BCUT2D eigenvalue weighted by Crippen LogP contribution is 2.30. The summed E-state index contributed by atoms with van der Waals surface area (Å²) in [5, 5.41) is 6.90. The number of methoxy groups -OCH3 is 1. The van der Waals surface area contributed by atoms with E-state index in [1.165, 1.54) is 15.4 Å². The van der Waals surface area contributed by atoms with Gasteiger partial charge in [-0.15, -0.1) is 0 Å². The number of anilines is 1. The predicted octanol–water partition coefficient (Wildman–Crippen LogP) is 2.14. The summed E-state index contributed by atoms with van der Waals surface area (Å²) < 4.78 is 12.8. The molecule has 9 nitrogen and oxygen atoms in total. The second-order valence-corrected chi connectivity index (χ2v) is 7.73. The average molecular weight is 412 g/mol. The maximum Gasteiger partial charge on any atom is 0.331 e. The van der Waals surface area contributed by atoms with E-state index in [4.69, 9.17) is 9.26 Å². The maximum absolute atomic E-state index is 13.0. The molecule has 0 spiro atoms. The summed E-state index contributed by atoms with van der Waals surface area (Å²) in [6, 6.07) is 6.72. The van der Waals surface area contributed by atoms with Crippen LogP contribution in [0.1, 0.15) is 25.7 Å². The van der Waals surface area contributed by atoms with E-state index in [2.05, 4.69) is 10.5 Å². The van der Waals surface area contributed by atoms with Crippen LogP contribution in [0.2, 0.25) is 0 Å². The molecule has 1 aliphatic rings. The van der Waals surface area contributed by atoms with Crippen molar-refractivity contribution >= 4 is 22.6 Å². The molecular weight excluding hydrogens is 388 g/mol. The zero-order valence-corrected chi connectivity index (χ0v) is 17.0. The summed E-state index contributed by atoms with van der Waals surface area (Å²) in [7, 11) is 3.21. The number of fused-ring (bicyclic) bond motifs is 1. The molecule has 1 saturated carbocycles. The molecule has 2 aromatic heterocycles. The fourth-order valence-electron chi connectivity index (χ4n) is 4.15. The van der Waals surface area contributed by atoms with Crippen LogP contribution in [0.15, 0.2) is 44.6 Å². The summed E-state index contributed by atoms with van der Waals surface area (Å²) in [5.74, 6) is 0.952. The van der Waals surface area contributed by atoms with Crippen LogP contribution in [0.4, 0.5) is 5.82 Å². The van der Waals surface area contributed by atoms with Gasteiger partial charge in [-0.2, -0.15) is 0 Å². The SMILES string of the molecule is COc1ccc2c(c1)c(=O)n(C[C@H]1CC[C@H](C(=O)Nc3ccon3)CC1)c(=O)n2C. The van der Waals surface area contributed by atoms with Gasteiger partial charge in [-0.1, -0.05) is 5.16 Å². The molecule has 1 fully saturated rings. The number of hydrogen-bond acceptors (Lipinski definition) is 6. The highest BCUT2D eigenvalue weighted by atomic mass is 16.5. The normalized spacial score (nSPS) is 19.0. The molecule has 4 rings (SSSR count). The minimum Gasteiger partial charge on any atom is -0.497 e. The molecule has 3 aromatic rings. The maximum atomic E-state index is 13.0. The molecule has 1 N–H and O–H groups in total. The number of carbonyl (C=O) groups is 1. The van der Waals surface area contributed by atoms with Gasteiger partial charge in [0.15, 0.2) is 5.82 Å². The first-order chi connectivity index (χ1) is 14.5. The van der Waals surface area contributed by atoms with Crippen molar-refractivity contribution < 1.29 is 14.1 Å². The van der Waals surface area contributed by atoms with E-state index in [1.807, 2.05) is 0 Å². The third-order valence-corrected chi connectivity index (χ3v) is 5.91. The van der Waals surface area contributed by atoms with Crippen molar-refractivity contribution in [1.29, 1.82) is 0 Å². The van der Waals surface area contributed by atoms with Gasteiger partial charge >= 0.3 is 5.69 Å². The number of carbonyl (C=O) groups excluding carboxylic acids is 1. The first-order valence-corrected chi connectivity index (χ1v) is 9.96. The molecule has 0 saturated heterocycles. The lowest BCUT2D eigenvalue weighted by atomic mass is 9.81. The Morgan fingerprint density at radius 3 is 2.67 bits per heavy atom. The topological polar surface area (TPSA) is 108 Å². The number of benzene rings is 1. The number of nitrogens with zero attached hydrogens (tertiary/aromatic N) is 3. The van der Waals surface area contributed by atoms with E-state index in [9.17, 15) is 14.4 Å². The van der Waals surface area contributed by atoms with E-state index >= 15 is 0 Å². The van der Waals surface area contributed by atoms with Crippen LogP contribution < -0.4 is 21.3 Å². The Labute approximate surface area is 172 Å². The Morgan fingerprint density at radius 2 is 2.00 bits per heavy atom. The Kier molecular flexibility index (Phi) is 5.43. The van der Waals surface area contributed by atoms with Crippen LogP contribution in [0.25, 0.3) is 10.9 Å². The fraction of sp³-hybridized carbons (Fsp3) is 0.429. The highest BCUT2D eigenvalue weighted by molar-refractivity contribution is 5.91. The molecular formula is C21H24N4O5. The third-order valence-electron chi connectivity index (χ3n) is 5.91. The molecule has 9 heteroatoms. The lowest BCUT2D eigenvalue weighted by Crippen LogP contribution is -2.41. The van der Waals surface area contributed by atoms with Gasteiger partial charge in [-0.25, -0.2) is 4.79 Å². The number of ether oxygens (including phenoxy) is 1. The van der Waals surface area contributed by atoms with Crippen LogP contribution in [0, 0.1) is 11.8 Å². The van der Waals surface area contributed by atoms with Gasteiger partial charge in [0, 0.05) is 25.6 Å². The van der Waals surface area contributed by atoms with Crippen molar-refractivity contribution in [2.45, 2.75) is 32.2 Å². The predicted molar refractivity (Wildman–Crippen MR) is 111 cm³/mol. The van der Waals surface area contributed by atoms with Gasteiger partial charge in [0.2, 0.25) is 5.91 Å². The second-order valence-electron chi connectivity index (χ2n) is 7.73. The van der Waals surface area contributed by atoms with E-state index in [-0.39, 0.29) is 29.0 Å². The van der Waals surface area contributed by atoms with Crippen molar-refractivity contribution in [3.8, 4) is 5.75 Å². The highest BCUT2D eigenvalue weighted by Gasteiger charge is 2.28. The standard InChI is InChI=1S/C21H24N4O5/c1-24-17-8-7-15(29-2)11-16(17)20(27)25(21(24)28)12-13-3-5-14(6-4-13)19(26)22-18-9-10-30-23-18/h7-11,13-14H,3-6,12H2,1-2H3,(H,22,23,26)/t13-,14-.